The minimum atomic E-state index is -1.16. The Labute approximate surface area is 53.3 Å². The highest BCUT2D eigenvalue weighted by Gasteiger charge is 1.89. The van der Waals surface area contributed by atoms with Crippen LogP contribution in [0.3, 0.4) is 0 Å². The summed E-state index contributed by atoms with van der Waals surface area (Å²) in [6, 6.07) is 0. The van der Waals surface area contributed by atoms with Gasteiger partial charge in [-0.05, 0) is 6.92 Å². The van der Waals surface area contributed by atoms with Gasteiger partial charge in [0.1, 0.15) is 0 Å². The molecular weight excluding hydrogens is 120 g/mol. The molecule has 0 aliphatic rings. The highest BCUT2D eigenvalue weighted by atomic mass is 16.4. The van der Waals surface area contributed by atoms with Gasteiger partial charge in [0.2, 0.25) is 0 Å². The number of aliphatic hydroxyl groups is 1. The molecular formula is C6H8O3. The minimum Gasteiger partial charge on any atom is -0.472 e. The van der Waals surface area contributed by atoms with E-state index in [4.69, 9.17) is 10.2 Å². The Morgan fingerprint density at radius 1 is 1.78 bits per heavy atom. The van der Waals surface area contributed by atoms with Gasteiger partial charge < -0.3 is 10.2 Å². The van der Waals surface area contributed by atoms with Gasteiger partial charge in [0, 0.05) is 12.3 Å². The first kappa shape index (κ1) is 7.99. The number of aliphatic hydroxyl groups excluding tert-OH is 1. The highest BCUT2D eigenvalue weighted by Crippen LogP contribution is 1.83. The van der Waals surface area contributed by atoms with Crippen LogP contribution in [0.25, 0.3) is 0 Å². The second-order valence-corrected chi connectivity index (χ2v) is 1.66. The molecule has 9 heavy (non-hydrogen) atoms. The molecule has 0 aromatic carbocycles. The van der Waals surface area contributed by atoms with Crippen molar-refractivity contribution in [3.63, 3.8) is 0 Å². The first-order chi connectivity index (χ1) is 4.13. The molecule has 0 saturated carbocycles. The van der Waals surface area contributed by atoms with Crippen molar-refractivity contribution in [3.8, 4) is 11.8 Å². The summed E-state index contributed by atoms with van der Waals surface area (Å²) in [5.41, 5.74) is 0. The minimum absolute atomic E-state index is 0.215. The average molecular weight is 128 g/mol. The lowest BCUT2D eigenvalue weighted by Crippen LogP contribution is -1.96. The van der Waals surface area contributed by atoms with Gasteiger partial charge in [0.05, 0.1) is 6.10 Å². The number of rotatable bonds is 1. The van der Waals surface area contributed by atoms with E-state index in [-0.39, 0.29) is 6.42 Å². The lowest BCUT2D eigenvalue weighted by Gasteiger charge is -1.91. The van der Waals surface area contributed by atoms with Gasteiger partial charge >= 0.3 is 5.97 Å². The fourth-order valence-electron chi connectivity index (χ4n) is 0.274. The molecule has 1 unspecified atom stereocenters. The van der Waals surface area contributed by atoms with Gasteiger partial charge in [-0.2, -0.15) is 0 Å². The van der Waals surface area contributed by atoms with Crippen LogP contribution in [0.5, 0.6) is 0 Å². The van der Waals surface area contributed by atoms with Crippen LogP contribution < -0.4 is 0 Å². The predicted molar refractivity (Wildman–Crippen MR) is 31.7 cm³/mol. The molecule has 0 bridgehead atoms. The SMILES string of the molecule is CC(O)CC#CC(=O)O. The molecule has 0 saturated heterocycles. The number of hydrogen-bond acceptors (Lipinski definition) is 2. The monoisotopic (exact) mass is 128 g/mol. The summed E-state index contributed by atoms with van der Waals surface area (Å²) in [4.78, 5) is 9.73. The predicted octanol–water partition coefficient (Wildman–Crippen LogP) is -0.155. The van der Waals surface area contributed by atoms with Crippen LogP contribution in [0.1, 0.15) is 13.3 Å². The van der Waals surface area contributed by atoms with E-state index in [2.05, 4.69) is 5.92 Å². The smallest absolute Gasteiger partial charge is 0.381 e. The van der Waals surface area contributed by atoms with E-state index in [1.807, 2.05) is 5.92 Å². The summed E-state index contributed by atoms with van der Waals surface area (Å²) >= 11 is 0. The van der Waals surface area contributed by atoms with Crippen LogP contribution in [0.2, 0.25) is 0 Å². The van der Waals surface area contributed by atoms with Crippen molar-refractivity contribution >= 4 is 5.97 Å². The first-order valence-corrected chi connectivity index (χ1v) is 2.53. The molecule has 0 radical (unpaired) electrons. The maximum Gasteiger partial charge on any atom is 0.381 e. The third kappa shape index (κ3) is 6.99. The van der Waals surface area contributed by atoms with Crippen LogP contribution in [0.15, 0.2) is 0 Å². The zero-order chi connectivity index (χ0) is 7.28. The van der Waals surface area contributed by atoms with E-state index in [0.29, 0.717) is 0 Å². The van der Waals surface area contributed by atoms with Gasteiger partial charge in [-0.15, -0.1) is 0 Å². The van der Waals surface area contributed by atoms with Crippen LogP contribution in [-0.2, 0) is 4.79 Å². The maximum atomic E-state index is 9.73. The number of carboxylic acid groups (broad SMARTS) is 1. The zero-order valence-corrected chi connectivity index (χ0v) is 5.09. The van der Waals surface area contributed by atoms with Gasteiger partial charge in [-0.3, -0.25) is 0 Å². The molecule has 0 spiro atoms. The van der Waals surface area contributed by atoms with E-state index in [1.54, 1.807) is 6.92 Å². The van der Waals surface area contributed by atoms with Crippen molar-refractivity contribution in [3.05, 3.63) is 0 Å². The van der Waals surface area contributed by atoms with E-state index in [1.165, 1.54) is 0 Å². The van der Waals surface area contributed by atoms with Crippen molar-refractivity contribution in [2.75, 3.05) is 0 Å². The molecule has 0 rings (SSSR count). The normalized spacial score (nSPS) is 11.3. The molecule has 0 heterocycles. The summed E-state index contributed by atoms with van der Waals surface area (Å²) in [7, 11) is 0. The van der Waals surface area contributed by atoms with Crippen molar-refractivity contribution in [2.45, 2.75) is 19.4 Å². The fraction of sp³-hybridized carbons (Fsp3) is 0.500. The van der Waals surface area contributed by atoms with Crippen LogP contribution in [-0.4, -0.2) is 22.3 Å². The lowest BCUT2D eigenvalue weighted by molar-refractivity contribution is -0.130. The third-order valence-electron chi connectivity index (χ3n) is 0.593. The number of hydrogen-bond donors (Lipinski definition) is 2. The van der Waals surface area contributed by atoms with Crippen molar-refractivity contribution in [2.24, 2.45) is 0 Å². The summed E-state index contributed by atoms with van der Waals surface area (Å²) < 4.78 is 0. The summed E-state index contributed by atoms with van der Waals surface area (Å²) in [5, 5.41) is 16.5. The summed E-state index contributed by atoms with van der Waals surface area (Å²) in [6.45, 7) is 1.55. The molecule has 3 heteroatoms. The molecule has 0 aliphatic carbocycles. The maximum absolute atomic E-state index is 9.73. The first-order valence-electron chi connectivity index (χ1n) is 2.53. The lowest BCUT2D eigenvalue weighted by atomic mass is 10.3. The average Bonchev–Trinajstić information content (AvgIpc) is 1.63. The largest absolute Gasteiger partial charge is 0.472 e. The summed E-state index contributed by atoms with van der Waals surface area (Å²) in [6.07, 6.45) is -0.330. The van der Waals surface area contributed by atoms with E-state index >= 15 is 0 Å². The molecule has 0 aromatic heterocycles. The van der Waals surface area contributed by atoms with E-state index in [9.17, 15) is 4.79 Å². The van der Waals surface area contributed by atoms with Gasteiger partial charge in [-0.1, -0.05) is 5.92 Å². The van der Waals surface area contributed by atoms with Crippen molar-refractivity contribution in [1.82, 2.24) is 0 Å². The Kier molecular flexibility index (Phi) is 3.49. The quantitative estimate of drug-likeness (QED) is 0.482. The second-order valence-electron chi connectivity index (χ2n) is 1.66. The third-order valence-corrected chi connectivity index (χ3v) is 0.593. The van der Waals surface area contributed by atoms with Crippen LogP contribution in [0.4, 0.5) is 0 Å². The van der Waals surface area contributed by atoms with Gasteiger partial charge in [0.15, 0.2) is 0 Å². The van der Waals surface area contributed by atoms with Crippen molar-refractivity contribution < 1.29 is 15.0 Å². The topological polar surface area (TPSA) is 57.5 Å². The summed E-state index contributed by atoms with van der Waals surface area (Å²) in [5.74, 6) is 3.01. The van der Waals surface area contributed by atoms with Crippen LogP contribution >= 0.6 is 0 Å². The Bertz CT molecular complexity index is 149. The standard InChI is InChI=1S/C6H8O3/c1-5(7)3-2-4-6(8)9/h5,7H,3H2,1H3,(H,8,9). The molecule has 0 fully saturated rings. The zero-order valence-electron chi connectivity index (χ0n) is 5.09. The van der Waals surface area contributed by atoms with Crippen LogP contribution in [0, 0.1) is 11.8 Å². The number of aliphatic carboxylic acids is 1. The fourth-order valence-corrected chi connectivity index (χ4v) is 0.274. The molecule has 2 N–H and O–H groups in total. The Hall–Kier alpha value is -1.01. The number of carboxylic acids is 1. The molecule has 0 aliphatic heterocycles. The molecule has 1 atom stereocenters. The molecule has 3 nitrogen and oxygen atoms in total. The van der Waals surface area contributed by atoms with Gasteiger partial charge in [0.25, 0.3) is 0 Å². The Morgan fingerprint density at radius 3 is 2.67 bits per heavy atom. The van der Waals surface area contributed by atoms with Crippen molar-refractivity contribution in [1.29, 1.82) is 0 Å². The van der Waals surface area contributed by atoms with E-state index in [0.717, 1.165) is 0 Å². The Balaban J connectivity index is 3.50. The molecule has 50 valence electrons. The Morgan fingerprint density at radius 2 is 2.33 bits per heavy atom. The van der Waals surface area contributed by atoms with Gasteiger partial charge in [-0.25, -0.2) is 4.79 Å². The molecule has 0 amide bonds. The number of carbonyl (C=O) groups is 1. The molecule has 0 aromatic rings. The van der Waals surface area contributed by atoms with E-state index < -0.39 is 12.1 Å². The second kappa shape index (κ2) is 3.93. The highest BCUT2D eigenvalue weighted by molar-refractivity contribution is 5.86.